The van der Waals surface area contributed by atoms with Gasteiger partial charge in [0, 0.05) is 6.54 Å². The second-order valence-electron chi connectivity index (χ2n) is 5.67. The third-order valence-corrected chi connectivity index (χ3v) is 4.01. The Balaban J connectivity index is 1.77. The Labute approximate surface area is 133 Å². The number of carboxylic acid groups (broad SMARTS) is 1. The third-order valence-electron chi connectivity index (χ3n) is 4.01. The molecule has 0 radical (unpaired) electrons. The highest BCUT2D eigenvalue weighted by atomic mass is 16.6. The van der Waals surface area contributed by atoms with E-state index in [2.05, 4.69) is 0 Å². The Morgan fingerprint density at radius 3 is 2.65 bits per heavy atom. The molecule has 1 fully saturated rings. The largest absolute Gasteiger partial charge is 0.482 e. The molecule has 7 nitrogen and oxygen atoms in total. The molecule has 3 atom stereocenters. The molecule has 1 aromatic rings. The molecule has 1 aromatic carbocycles. The number of hydrogen-bond donors (Lipinski definition) is 1. The van der Waals surface area contributed by atoms with Gasteiger partial charge in [-0.3, -0.25) is 9.59 Å². The lowest BCUT2D eigenvalue weighted by Gasteiger charge is -2.39. The first-order valence-electron chi connectivity index (χ1n) is 7.58. The maximum Gasteiger partial charge on any atom is 0.305 e. The zero-order valence-corrected chi connectivity index (χ0v) is 12.8. The molecule has 3 rings (SSSR count). The molecule has 0 saturated carbocycles. The number of fused-ring (bicyclic) bond motifs is 1. The van der Waals surface area contributed by atoms with Gasteiger partial charge in [-0.25, -0.2) is 0 Å². The van der Waals surface area contributed by atoms with Crippen molar-refractivity contribution in [3.05, 3.63) is 24.3 Å². The van der Waals surface area contributed by atoms with Crippen LogP contribution in [-0.2, 0) is 14.3 Å². The van der Waals surface area contributed by atoms with Crippen LogP contribution in [0, 0.1) is 0 Å². The second-order valence-corrected chi connectivity index (χ2v) is 5.67. The fourth-order valence-electron chi connectivity index (χ4n) is 2.87. The van der Waals surface area contributed by atoms with Crippen LogP contribution in [-0.4, -0.2) is 59.9 Å². The fraction of sp³-hybridized carbons (Fsp3) is 0.500. The van der Waals surface area contributed by atoms with Crippen LogP contribution in [0.25, 0.3) is 0 Å². The maximum atomic E-state index is 12.8. The normalized spacial score (nSPS) is 26.7. The lowest BCUT2D eigenvalue weighted by molar-refractivity contribution is -0.155. The van der Waals surface area contributed by atoms with E-state index in [0.717, 1.165) is 0 Å². The Morgan fingerprint density at radius 1 is 1.26 bits per heavy atom. The van der Waals surface area contributed by atoms with Crippen molar-refractivity contribution in [2.75, 3.05) is 19.8 Å². The maximum absolute atomic E-state index is 12.8. The first kappa shape index (κ1) is 15.6. The number of rotatable bonds is 3. The number of carboxylic acids is 1. The van der Waals surface area contributed by atoms with Gasteiger partial charge in [0.05, 0.1) is 25.7 Å². The minimum Gasteiger partial charge on any atom is -0.482 e. The van der Waals surface area contributed by atoms with Crippen LogP contribution in [0.3, 0.4) is 0 Å². The van der Waals surface area contributed by atoms with Crippen LogP contribution in [0.15, 0.2) is 24.3 Å². The summed E-state index contributed by atoms with van der Waals surface area (Å²) < 4.78 is 16.9. The van der Waals surface area contributed by atoms with E-state index < -0.39 is 24.2 Å². The molecule has 0 aromatic heterocycles. The number of amides is 1. The number of hydrogen-bond acceptors (Lipinski definition) is 5. The molecule has 3 unspecified atom stereocenters. The average Bonchev–Trinajstić information content (AvgIpc) is 2.53. The lowest BCUT2D eigenvalue weighted by Crippen LogP contribution is -2.57. The lowest BCUT2D eigenvalue weighted by atomic mass is 10.1. The summed E-state index contributed by atoms with van der Waals surface area (Å²) in [4.78, 5) is 25.4. The molecule has 124 valence electrons. The van der Waals surface area contributed by atoms with Crippen molar-refractivity contribution >= 4 is 11.9 Å². The van der Waals surface area contributed by atoms with Gasteiger partial charge in [-0.05, 0) is 19.1 Å². The zero-order valence-electron chi connectivity index (χ0n) is 12.8. The van der Waals surface area contributed by atoms with Gasteiger partial charge in [-0.2, -0.15) is 0 Å². The fourth-order valence-corrected chi connectivity index (χ4v) is 2.87. The molecule has 0 spiro atoms. The number of benzene rings is 1. The van der Waals surface area contributed by atoms with Gasteiger partial charge < -0.3 is 24.2 Å². The van der Waals surface area contributed by atoms with Crippen LogP contribution >= 0.6 is 0 Å². The minimum absolute atomic E-state index is 0.149. The monoisotopic (exact) mass is 321 g/mol. The highest BCUT2D eigenvalue weighted by Crippen LogP contribution is 2.34. The second kappa shape index (κ2) is 6.45. The molecule has 2 aliphatic heterocycles. The van der Waals surface area contributed by atoms with Gasteiger partial charge >= 0.3 is 5.97 Å². The van der Waals surface area contributed by atoms with Gasteiger partial charge in [-0.1, -0.05) is 12.1 Å². The van der Waals surface area contributed by atoms with E-state index in [1.165, 1.54) is 4.90 Å². The Hall–Kier alpha value is -2.28. The molecular formula is C16H19NO6. The molecule has 1 amide bonds. The summed E-state index contributed by atoms with van der Waals surface area (Å²) in [5.74, 6) is -0.0980. The summed E-state index contributed by atoms with van der Waals surface area (Å²) in [6, 6.07) is 6.69. The number of carbonyl (C=O) groups excluding carboxylic acids is 1. The van der Waals surface area contributed by atoms with Crippen molar-refractivity contribution in [2.45, 2.75) is 31.6 Å². The highest BCUT2D eigenvalue weighted by Gasteiger charge is 2.40. The number of aliphatic carboxylic acids is 1. The average molecular weight is 321 g/mol. The Morgan fingerprint density at radius 2 is 1.96 bits per heavy atom. The van der Waals surface area contributed by atoms with Crippen LogP contribution < -0.4 is 9.47 Å². The highest BCUT2D eigenvalue weighted by molar-refractivity contribution is 5.83. The van der Waals surface area contributed by atoms with Crippen LogP contribution in [0.1, 0.15) is 13.3 Å². The van der Waals surface area contributed by atoms with E-state index in [9.17, 15) is 9.59 Å². The summed E-state index contributed by atoms with van der Waals surface area (Å²) in [5.41, 5.74) is 0. The topological polar surface area (TPSA) is 85.3 Å². The van der Waals surface area contributed by atoms with E-state index in [1.807, 2.05) is 12.1 Å². The number of nitrogens with zero attached hydrogens (tertiary/aromatic N) is 1. The molecule has 23 heavy (non-hydrogen) atoms. The van der Waals surface area contributed by atoms with Crippen molar-refractivity contribution in [3.8, 4) is 11.5 Å². The van der Waals surface area contributed by atoms with Crippen molar-refractivity contribution in [3.63, 3.8) is 0 Å². The number of ether oxygens (including phenoxy) is 3. The van der Waals surface area contributed by atoms with Gasteiger partial charge in [0.1, 0.15) is 6.10 Å². The molecule has 0 bridgehead atoms. The predicted molar refractivity (Wildman–Crippen MR) is 79.5 cm³/mol. The summed E-state index contributed by atoms with van der Waals surface area (Å²) in [6.45, 7) is 2.73. The summed E-state index contributed by atoms with van der Waals surface area (Å²) in [5, 5.41) is 9.01. The molecule has 7 heteroatoms. The van der Waals surface area contributed by atoms with E-state index in [-0.39, 0.29) is 18.9 Å². The Kier molecular flexibility index (Phi) is 4.38. The molecule has 2 aliphatic rings. The van der Waals surface area contributed by atoms with Gasteiger partial charge in [0.25, 0.3) is 5.91 Å². The van der Waals surface area contributed by atoms with Crippen molar-refractivity contribution in [1.29, 1.82) is 0 Å². The molecular weight excluding hydrogens is 302 g/mol. The van der Waals surface area contributed by atoms with Crippen molar-refractivity contribution in [1.82, 2.24) is 4.90 Å². The van der Waals surface area contributed by atoms with Gasteiger partial charge in [0.2, 0.25) is 6.10 Å². The third kappa shape index (κ3) is 3.24. The van der Waals surface area contributed by atoms with E-state index in [0.29, 0.717) is 24.7 Å². The van der Waals surface area contributed by atoms with Crippen molar-refractivity contribution < 1.29 is 28.9 Å². The summed E-state index contributed by atoms with van der Waals surface area (Å²) >= 11 is 0. The number of morpholine rings is 1. The van der Waals surface area contributed by atoms with Crippen LogP contribution in [0.2, 0.25) is 0 Å². The minimum atomic E-state index is -0.961. The predicted octanol–water partition coefficient (Wildman–Crippen LogP) is 0.917. The number of carbonyl (C=O) groups is 2. The van der Waals surface area contributed by atoms with Crippen LogP contribution in [0.5, 0.6) is 11.5 Å². The van der Waals surface area contributed by atoms with E-state index in [1.54, 1.807) is 19.1 Å². The smallest absolute Gasteiger partial charge is 0.305 e. The van der Waals surface area contributed by atoms with E-state index in [4.69, 9.17) is 19.3 Å². The first-order valence-corrected chi connectivity index (χ1v) is 7.58. The SMILES string of the molecule is CC1Oc2ccccc2OC1C(=O)N1CCOCC1CC(=O)O. The molecule has 1 N–H and O–H groups in total. The quantitative estimate of drug-likeness (QED) is 0.891. The summed E-state index contributed by atoms with van der Waals surface area (Å²) in [6.07, 6.45) is -1.39. The molecule has 2 heterocycles. The standard InChI is InChI=1S/C16H19NO6/c1-10-15(23-13-5-3-2-4-12(13)22-10)16(20)17-6-7-21-9-11(17)8-14(18)19/h2-5,10-11,15H,6-9H2,1H3,(H,18,19). The Bertz CT molecular complexity index is 604. The van der Waals surface area contributed by atoms with Crippen LogP contribution in [0.4, 0.5) is 0 Å². The number of para-hydroxylation sites is 2. The van der Waals surface area contributed by atoms with Gasteiger partial charge in [0.15, 0.2) is 11.5 Å². The molecule has 0 aliphatic carbocycles. The first-order chi connectivity index (χ1) is 11.1. The molecule has 1 saturated heterocycles. The van der Waals surface area contributed by atoms with E-state index >= 15 is 0 Å². The summed E-state index contributed by atoms with van der Waals surface area (Å²) in [7, 11) is 0. The zero-order chi connectivity index (χ0) is 16.4. The van der Waals surface area contributed by atoms with Crippen molar-refractivity contribution in [2.24, 2.45) is 0 Å². The van der Waals surface area contributed by atoms with Gasteiger partial charge in [-0.15, -0.1) is 0 Å².